The Morgan fingerprint density at radius 2 is 1.74 bits per heavy atom. The molecule has 230 valence electrons. The fourth-order valence-corrected chi connectivity index (χ4v) is 4.37. The smallest absolute Gasteiger partial charge is 0.408 e. The number of rotatable bonds is 13. The van der Waals surface area contributed by atoms with E-state index in [0.29, 0.717) is 6.42 Å². The highest BCUT2D eigenvalue weighted by molar-refractivity contribution is 6.38. The Kier molecular flexibility index (Phi) is 12.2. The van der Waals surface area contributed by atoms with Crippen LogP contribution in [0.1, 0.15) is 59.9 Å². The summed E-state index contributed by atoms with van der Waals surface area (Å²) in [6.07, 6.45) is 1.22. The van der Waals surface area contributed by atoms with Crippen molar-refractivity contribution in [1.29, 1.82) is 0 Å². The molecule has 12 nitrogen and oxygen atoms in total. The lowest BCUT2D eigenvalue weighted by molar-refractivity contribution is -0.141. The van der Waals surface area contributed by atoms with Gasteiger partial charge in [-0.25, -0.2) is 14.5 Å². The standard InChI is InChI=1S/C30H43N5O7/c1-8-13-21(24(36)26(38)31-16-9-2)32-25(37)22-18-34(17-20-14-11-10-12-15-20)29(41)35(22)27(39)23(19(3)4)33-28(40)42-30(5,6)7/h9-12,14-15,19,21-23H,2,8,13,16-18H2,1,3-7H3,(H,31,38)(H,32,37)(H,33,40). The van der Waals surface area contributed by atoms with Crippen molar-refractivity contribution < 1.29 is 33.5 Å². The maximum absolute atomic E-state index is 13.9. The molecular formula is C30H43N5O7. The topological polar surface area (TPSA) is 154 Å². The Morgan fingerprint density at radius 3 is 2.29 bits per heavy atom. The summed E-state index contributed by atoms with van der Waals surface area (Å²) < 4.78 is 5.31. The van der Waals surface area contributed by atoms with Gasteiger partial charge in [0.05, 0.1) is 12.6 Å². The number of amides is 6. The van der Waals surface area contributed by atoms with Gasteiger partial charge in [-0.2, -0.15) is 0 Å². The zero-order valence-electron chi connectivity index (χ0n) is 25.3. The highest BCUT2D eigenvalue weighted by Crippen LogP contribution is 2.23. The number of Topliss-reactive ketones (excluding diaryl/α,β-unsaturated/α-hetero) is 1. The molecule has 12 heteroatoms. The monoisotopic (exact) mass is 585 g/mol. The average Bonchev–Trinajstić information content (AvgIpc) is 3.24. The summed E-state index contributed by atoms with van der Waals surface area (Å²) in [6, 6.07) is 4.67. The maximum atomic E-state index is 13.9. The zero-order chi connectivity index (χ0) is 31.6. The predicted molar refractivity (Wildman–Crippen MR) is 156 cm³/mol. The molecular weight excluding hydrogens is 542 g/mol. The predicted octanol–water partition coefficient (Wildman–Crippen LogP) is 2.52. The first kappa shape index (κ1) is 34.0. The third-order valence-electron chi connectivity index (χ3n) is 6.38. The van der Waals surface area contributed by atoms with Crippen LogP contribution in [-0.4, -0.2) is 82.2 Å². The van der Waals surface area contributed by atoms with Crippen LogP contribution in [0.3, 0.4) is 0 Å². The van der Waals surface area contributed by atoms with Crippen LogP contribution in [0.5, 0.6) is 0 Å². The summed E-state index contributed by atoms with van der Waals surface area (Å²) in [7, 11) is 0. The van der Waals surface area contributed by atoms with E-state index in [-0.39, 0.29) is 26.1 Å². The van der Waals surface area contributed by atoms with Gasteiger partial charge in [-0.05, 0) is 38.7 Å². The quantitative estimate of drug-likeness (QED) is 0.237. The number of ether oxygens (including phenoxy) is 1. The van der Waals surface area contributed by atoms with Crippen LogP contribution >= 0.6 is 0 Å². The van der Waals surface area contributed by atoms with Gasteiger partial charge in [-0.3, -0.25) is 19.2 Å². The van der Waals surface area contributed by atoms with Crippen LogP contribution in [0.25, 0.3) is 0 Å². The number of nitrogens with one attached hydrogen (secondary N) is 3. The van der Waals surface area contributed by atoms with Gasteiger partial charge in [0.2, 0.25) is 11.7 Å². The summed E-state index contributed by atoms with van der Waals surface area (Å²) >= 11 is 0. The second-order valence-electron chi connectivity index (χ2n) is 11.5. The number of hydrogen-bond acceptors (Lipinski definition) is 7. The molecule has 3 N–H and O–H groups in total. The molecule has 0 bridgehead atoms. The average molecular weight is 586 g/mol. The summed E-state index contributed by atoms with van der Waals surface area (Å²) in [4.78, 5) is 81.1. The highest BCUT2D eigenvalue weighted by atomic mass is 16.6. The second-order valence-corrected chi connectivity index (χ2v) is 11.5. The molecule has 3 atom stereocenters. The minimum absolute atomic E-state index is 0.0758. The van der Waals surface area contributed by atoms with Gasteiger partial charge in [0.15, 0.2) is 0 Å². The first-order valence-corrected chi connectivity index (χ1v) is 14.1. The van der Waals surface area contributed by atoms with Gasteiger partial charge in [-0.15, -0.1) is 6.58 Å². The van der Waals surface area contributed by atoms with Crippen molar-refractivity contribution in [2.24, 2.45) is 5.92 Å². The van der Waals surface area contributed by atoms with Crippen LogP contribution in [0.2, 0.25) is 0 Å². The zero-order valence-corrected chi connectivity index (χ0v) is 25.3. The number of carbonyl (C=O) groups excluding carboxylic acids is 6. The highest BCUT2D eigenvalue weighted by Gasteiger charge is 2.48. The third-order valence-corrected chi connectivity index (χ3v) is 6.38. The van der Waals surface area contributed by atoms with Crippen molar-refractivity contribution in [2.75, 3.05) is 13.1 Å². The molecule has 1 saturated heterocycles. The summed E-state index contributed by atoms with van der Waals surface area (Å²) in [5.74, 6) is -3.75. The van der Waals surface area contributed by atoms with Crippen LogP contribution in [0.4, 0.5) is 9.59 Å². The van der Waals surface area contributed by atoms with E-state index in [1.54, 1.807) is 53.7 Å². The van der Waals surface area contributed by atoms with E-state index in [2.05, 4.69) is 22.5 Å². The largest absolute Gasteiger partial charge is 0.444 e. The van der Waals surface area contributed by atoms with Crippen molar-refractivity contribution in [1.82, 2.24) is 25.8 Å². The SMILES string of the molecule is C=CCNC(=O)C(=O)C(CCC)NC(=O)C1CN(Cc2ccccc2)C(=O)N1C(=O)C(NC(=O)OC(C)(C)C)C(C)C. The van der Waals surface area contributed by atoms with Crippen molar-refractivity contribution >= 4 is 35.6 Å². The third kappa shape index (κ3) is 9.42. The van der Waals surface area contributed by atoms with Crippen LogP contribution in [0, 0.1) is 5.92 Å². The molecule has 0 aromatic heterocycles. The molecule has 1 fully saturated rings. The Balaban J connectivity index is 2.39. The number of ketones is 1. The molecule has 1 aromatic carbocycles. The van der Waals surface area contributed by atoms with E-state index in [1.165, 1.54) is 11.0 Å². The fourth-order valence-electron chi connectivity index (χ4n) is 4.37. The van der Waals surface area contributed by atoms with Crippen LogP contribution < -0.4 is 16.0 Å². The maximum Gasteiger partial charge on any atom is 0.408 e. The van der Waals surface area contributed by atoms with Crippen molar-refractivity contribution in [2.45, 2.75) is 84.7 Å². The lowest BCUT2D eigenvalue weighted by atomic mass is 10.0. The minimum atomic E-state index is -1.32. The number of urea groups is 1. The first-order chi connectivity index (χ1) is 19.7. The number of alkyl carbamates (subject to hydrolysis) is 1. The molecule has 6 amide bonds. The van der Waals surface area contributed by atoms with Crippen molar-refractivity contribution in [3.8, 4) is 0 Å². The molecule has 0 radical (unpaired) electrons. The Hall–Kier alpha value is -4.22. The Labute approximate surface area is 247 Å². The number of nitrogens with zero attached hydrogens (tertiary/aromatic N) is 2. The molecule has 42 heavy (non-hydrogen) atoms. The summed E-state index contributed by atoms with van der Waals surface area (Å²) in [5, 5.41) is 7.53. The molecule has 1 aliphatic rings. The number of hydrogen-bond donors (Lipinski definition) is 3. The van der Waals surface area contributed by atoms with Gasteiger partial charge >= 0.3 is 12.1 Å². The summed E-state index contributed by atoms with van der Waals surface area (Å²) in [6.45, 7) is 13.7. The lowest BCUT2D eigenvalue weighted by Gasteiger charge is -2.30. The summed E-state index contributed by atoms with van der Waals surface area (Å²) in [5.41, 5.74) is -0.0456. The van der Waals surface area contributed by atoms with Crippen LogP contribution in [-0.2, 0) is 30.5 Å². The van der Waals surface area contributed by atoms with Crippen molar-refractivity contribution in [3.63, 3.8) is 0 Å². The molecule has 0 aliphatic carbocycles. The number of carbonyl (C=O) groups is 6. The van der Waals surface area contributed by atoms with Gasteiger partial charge in [0.25, 0.3) is 11.8 Å². The Morgan fingerprint density at radius 1 is 1.10 bits per heavy atom. The van der Waals surface area contributed by atoms with Crippen LogP contribution in [0.15, 0.2) is 43.0 Å². The van der Waals surface area contributed by atoms with E-state index in [9.17, 15) is 28.8 Å². The molecule has 2 rings (SSSR count). The van der Waals surface area contributed by atoms with Gasteiger partial charge < -0.3 is 25.6 Å². The van der Waals surface area contributed by atoms with E-state index in [0.717, 1.165) is 10.5 Å². The van der Waals surface area contributed by atoms with Gasteiger partial charge in [0.1, 0.15) is 17.7 Å². The molecule has 0 saturated carbocycles. The second kappa shape index (κ2) is 15.1. The molecule has 1 heterocycles. The molecule has 3 unspecified atom stereocenters. The van der Waals surface area contributed by atoms with Gasteiger partial charge in [0, 0.05) is 13.1 Å². The number of benzene rings is 1. The van der Waals surface area contributed by atoms with Gasteiger partial charge in [-0.1, -0.05) is 63.6 Å². The van der Waals surface area contributed by atoms with E-state index < -0.39 is 65.3 Å². The normalized spacial score (nSPS) is 16.5. The molecule has 1 aromatic rings. The molecule has 1 aliphatic heterocycles. The van der Waals surface area contributed by atoms with Crippen molar-refractivity contribution in [3.05, 3.63) is 48.6 Å². The number of imide groups is 1. The first-order valence-electron chi connectivity index (χ1n) is 14.1. The fraction of sp³-hybridized carbons (Fsp3) is 0.533. The van der Waals surface area contributed by atoms with E-state index >= 15 is 0 Å². The lowest BCUT2D eigenvalue weighted by Crippen LogP contribution is -2.58. The Bertz CT molecular complexity index is 1160. The van der Waals surface area contributed by atoms with E-state index in [4.69, 9.17) is 4.74 Å². The van der Waals surface area contributed by atoms with E-state index in [1.807, 2.05) is 18.2 Å². The minimum Gasteiger partial charge on any atom is -0.444 e. The molecule has 0 spiro atoms.